The van der Waals surface area contributed by atoms with Crippen molar-refractivity contribution in [1.29, 1.82) is 0 Å². The van der Waals surface area contributed by atoms with E-state index in [4.69, 9.17) is 5.73 Å². The fourth-order valence-corrected chi connectivity index (χ4v) is 2.39. The summed E-state index contributed by atoms with van der Waals surface area (Å²) in [5.41, 5.74) is 5.81. The average molecular weight is 212 g/mol. The van der Waals surface area contributed by atoms with E-state index in [0.29, 0.717) is 5.92 Å². The highest BCUT2D eigenvalue weighted by Crippen LogP contribution is 2.25. The van der Waals surface area contributed by atoms with Crippen LogP contribution in [0.4, 0.5) is 0 Å². The van der Waals surface area contributed by atoms with Gasteiger partial charge in [-0.3, -0.25) is 4.79 Å². The van der Waals surface area contributed by atoms with E-state index in [1.807, 2.05) is 11.9 Å². The highest BCUT2D eigenvalue weighted by Gasteiger charge is 2.22. The summed E-state index contributed by atoms with van der Waals surface area (Å²) in [7, 11) is 1.89. The van der Waals surface area contributed by atoms with Crippen LogP contribution < -0.4 is 5.73 Å². The van der Waals surface area contributed by atoms with Crippen LogP contribution in [0.25, 0.3) is 0 Å². The van der Waals surface area contributed by atoms with Gasteiger partial charge in [-0.1, -0.05) is 26.2 Å². The zero-order chi connectivity index (χ0) is 11.3. The maximum absolute atomic E-state index is 11.8. The number of nitrogens with two attached hydrogens (primary N) is 1. The van der Waals surface area contributed by atoms with Gasteiger partial charge in [0.15, 0.2) is 0 Å². The Morgan fingerprint density at radius 3 is 2.60 bits per heavy atom. The van der Waals surface area contributed by atoms with Gasteiger partial charge in [-0.05, 0) is 25.2 Å². The second kappa shape index (κ2) is 6.11. The van der Waals surface area contributed by atoms with E-state index in [1.165, 1.54) is 25.7 Å². The minimum atomic E-state index is -0.290. The SMILES string of the molecule is CCCC(N)C(=O)N(C)CC1CCCC1. The van der Waals surface area contributed by atoms with Crippen LogP contribution in [0.5, 0.6) is 0 Å². The number of hydrogen-bond donors (Lipinski definition) is 1. The summed E-state index contributed by atoms with van der Waals surface area (Å²) in [6, 6.07) is -0.290. The molecule has 3 heteroatoms. The van der Waals surface area contributed by atoms with Crippen LogP contribution in [0, 0.1) is 5.92 Å². The summed E-state index contributed by atoms with van der Waals surface area (Å²) >= 11 is 0. The highest BCUT2D eigenvalue weighted by atomic mass is 16.2. The molecule has 2 N–H and O–H groups in total. The first-order chi connectivity index (χ1) is 7.15. The molecule has 1 amide bonds. The monoisotopic (exact) mass is 212 g/mol. The molecule has 1 aliphatic carbocycles. The van der Waals surface area contributed by atoms with Gasteiger partial charge in [0, 0.05) is 13.6 Å². The molecule has 1 rings (SSSR count). The Hall–Kier alpha value is -0.570. The first-order valence-electron chi connectivity index (χ1n) is 6.15. The molecule has 1 unspecified atom stereocenters. The van der Waals surface area contributed by atoms with Crippen LogP contribution in [0.2, 0.25) is 0 Å². The summed E-state index contributed by atoms with van der Waals surface area (Å²) in [6.07, 6.45) is 6.99. The number of amides is 1. The van der Waals surface area contributed by atoms with Crippen molar-refractivity contribution in [3.63, 3.8) is 0 Å². The van der Waals surface area contributed by atoms with Gasteiger partial charge in [0.2, 0.25) is 5.91 Å². The highest BCUT2D eigenvalue weighted by molar-refractivity contribution is 5.81. The summed E-state index contributed by atoms with van der Waals surface area (Å²) in [5, 5.41) is 0. The van der Waals surface area contributed by atoms with Gasteiger partial charge in [-0.15, -0.1) is 0 Å². The molecule has 15 heavy (non-hydrogen) atoms. The first-order valence-corrected chi connectivity index (χ1v) is 6.15. The number of likely N-dealkylation sites (N-methyl/N-ethyl adjacent to an activating group) is 1. The van der Waals surface area contributed by atoms with Crippen molar-refractivity contribution in [3.8, 4) is 0 Å². The molecule has 1 fully saturated rings. The van der Waals surface area contributed by atoms with Gasteiger partial charge >= 0.3 is 0 Å². The summed E-state index contributed by atoms with van der Waals surface area (Å²) in [4.78, 5) is 13.7. The predicted molar refractivity (Wildman–Crippen MR) is 62.5 cm³/mol. The van der Waals surface area contributed by atoms with Crippen molar-refractivity contribution in [3.05, 3.63) is 0 Å². The smallest absolute Gasteiger partial charge is 0.239 e. The molecule has 0 bridgehead atoms. The van der Waals surface area contributed by atoms with Crippen LogP contribution in [0.1, 0.15) is 45.4 Å². The van der Waals surface area contributed by atoms with Crippen molar-refractivity contribution in [2.45, 2.75) is 51.5 Å². The van der Waals surface area contributed by atoms with Crippen LogP contribution in [0.3, 0.4) is 0 Å². The molecule has 1 atom stereocenters. The van der Waals surface area contributed by atoms with E-state index in [-0.39, 0.29) is 11.9 Å². The van der Waals surface area contributed by atoms with E-state index in [0.717, 1.165) is 19.4 Å². The zero-order valence-electron chi connectivity index (χ0n) is 10.0. The fraction of sp³-hybridized carbons (Fsp3) is 0.917. The maximum Gasteiger partial charge on any atom is 0.239 e. The van der Waals surface area contributed by atoms with Gasteiger partial charge in [0.05, 0.1) is 6.04 Å². The summed E-state index contributed by atoms with van der Waals surface area (Å²) in [6.45, 7) is 2.96. The zero-order valence-corrected chi connectivity index (χ0v) is 10.0. The Kier molecular flexibility index (Phi) is 5.09. The molecule has 0 spiro atoms. The van der Waals surface area contributed by atoms with E-state index >= 15 is 0 Å². The average Bonchev–Trinajstić information content (AvgIpc) is 2.69. The molecule has 0 heterocycles. The maximum atomic E-state index is 11.8. The number of carbonyl (C=O) groups is 1. The van der Waals surface area contributed by atoms with Gasteiger partial charge in [-0.25, -0.2) is 0 Å². The molecule has 1 saturated carbocycles. The quantitative estimate of drug-likeness (QED) is 0.755. The molecule has 88 valence electrons. The van der Waals surface area contributed by atoms with Crippen molar-refractivity contribution >= 4 is 5.91 Å². The lowest BCUT2D eigenvalue weighted by atomic mass is 10.1. The number of nitrogens with zero attached hydrogens (tertiary/aromatic N) is 1. The minimum absolute atomic E-state index is 0.115. The van der Waals surface area contributed by atoms with Crippen LogP contribution in [0.15, 0.2) is 0 Å². The number of rotatable bonds is 5. The molecular weight excluding hydrogens is 188 g/mol. The summed E-state index contributed by atoms with van der Waals surface area (Å²) < 4.78 is 0. The van der Waals surface area contributed by atoms with Gasteiger partial charge in [-0.2, -0.15) is 0 Å². The molecule has 0 radical (unpaired) electrons. The second-order valence-corrected chi connectivity index (χ2v) is 4.76. The Morgan fingerprint density at radius 2 is 2.07 bits per heavy atom. The molecule has 0 aromatic carbocycles. The van der Waals surface area contributed by atoms with Gasteiger partial charge in [0.1, 0.15) is 0 Å². The Morgan fingerprint density at radius 1 is 1.47 bits per heavy atom. The van der Waals surface area contributed by atoms with Crippen LogP contribution in [-0.4, -0.2) is 30.4 Å². The fourth-order valence-electron chi connectivity index (χ4n) is 2.39. The normalized spacial score (nSPS) is 19.1. The first kappa shape index (κ1) is 12.5. The number of hydrogen-bond acceptors (Lipinski definition) is 2. The van der Waals surface area contributed by atoms with Crippen LogP contribution >= 0.6 is 0 Å². The van der Waals surface area contributed by atoms with Crippen molar-refractivity contribution in [1.82, 2.24) is 4.90 Å². The lowest BCUT2D eigenvalue weighted by molar-refractivity contribution is -0.132. The second-order valence-electron chi connectivity index (χ2n) is 4.76. The third-order valence-corrected chi connectivity index (χ3v) is 3.30. The summed E-state index contributed by atoms with van der Waals surface area (Å²) in [5.74, 6) is 0.830. The van der Waals surface area contributed by atoms with Crippen molar-refractivity contribution in [2.24, 2.45) is 11.7 Å². The minimum Gasteiger partial charge on any atom is -0.344 e. The third kappa shape index (κ3) is 3.82. The van der Waals surface area contributed by atoms with Gasteiger partial charge < -0.3 is 10.6 Å². The molecule has 0 aromatic heterocycles. The molecule has 1 aliphatic rings. The predicted octanol–water partition coefficient (Wildman–Crippen LogP) is 1.76. The molecular formula is C12H24N2O. The lowest BCUT2D eigenvalue weighted by Gasteiger charge is -2.24. The van der Waals surface area contributed by atoms with Gasteiger partial charge in [0.25, 0.3) is 0 Å². The van der Waals surface area contributed by atoms with E-state index < -0.39 is 0 Å². The van der Waals surface area contributed by atoms with Crippen LogP contribution in [-0.2, 0) is 4.79 Å². The number of carbonyl (C=O) groups excluding carboxylic acids is 1. The Balaban J connectivity index is 2.31. The standard InChI is InChI=1S/C12H24N2O/c1-3-6-11(13)12(15)14(2)9-10-7-4-5-8-10/h10-11H,3-9,13H2,1-2H3. The van der Waals surface area contributed by atoms with E-state index in [1.54, 1.807) is 0 Å². The molecule has 3 nitrogen and oxygen atoms in total. The van der Waals surface area contributed by atoms with Crippen molar-refractivity contribution < 1.29 is 4.79 Å². The topological polar surface area (TPSA) is 46.3 Å². The van der Waals surface area contributed by atoms with E-state index in [2.05, 4.69) is 6.92 Å². The Bertz CT molecular complexity index is 200. The third-order valence-electron chi connectivity index (χ3n) is 3.30. The Labute approximate surface area is 93.0 Å². The lowest BCUT2D eigenvalue weighted by Crippen LogP contribution is -2.43. The molecule has 0 saturated heterocycles. The van der Waals surface area contributed by atoms with Crippen molar-refractivity contribution in [2.75, 3.05) is 13.6 Å². The molecule has 0 aliphatic heterocycles. The molecule has 0 aromatic rings. The largest absolute Gasteiger partial charge is 0.344 e. The van der Waals surface area contributed by atoms with E-state index in [9.17, 15) is 4.79 Å².